The lowest BCUT2D eigenvalue weighted by atomic mass is 10.0. The van der Waals surface area contributed by atoms with E-state index in [-0.39, 0.29) is 0 Å². The molecule has 2 N–H and O–H groups in total. The van der Waals surface area contributed by atoms with Crippen LogP contribution < -0.4 is 14.8 Å². The third kappa shape index (κ3) is 4.33. The highest BCUT2D eigenvalue weighted by Crippen LogP contribution is 2.26. The first kappa shape index (κ1) is 19.5. The van der Waals surface area contributed by atoms with Gasteiger partial charge < -0.3 is 24.8 Å². The Hall–Kier alpha value is -3.29. The van der Waals surface area contributed by atoms with Gasteiger partial charge in [0.1, 0.15) is 11.5 Å². The molecule has 0 fully saturated rings. The summed E-state index contributed by atoms with van der Waals surface area (Å²) in [5.41, 5.74) is 3.77. The molecule has 8 nitrogen and oxygen atoms in total. The molecule has 0 aliphatic carbocycles. The van der Waals surface area contributed by atoms with E-state index in [1.54, 1.807) is 14.2 Å². The number of anilines is 1. The van der Waals surface area contributed by atoms with E-state index < -0.39 is 6.09 Å². The summed E-state index contributed by atoms with van der Waals surface area (Å²) in [6.45, 7) is 3.36. The van der Waals surface area contributed by atoms with Crippen molar-refractivity contribution in [2.45, 2.75) is 19.9 Å². The van der Waals surface area contributed by atoms with Crippen LogP contribution >= 0.6 is 0 Å². The normalized spacial score (nSPS) is 13.7. The molecule has 2 aromatic rings. The Bertz CT molecular complexity index is 898. The molecule has 2 heterocycles. The Kier molecular flexibility index (Phi) is 5.98. The van der Waals surface area contributed by atoms with Crippen LogP contribution in [-0.2, 0) is 6.54 Å². The van der Waals surface area contributed by atoms with Gasteiger partial charge in [-0.05, 0) is 42.7 Å². The van der Waals surface area contributed by atoms with E-state index in [2.05, 4.69) is 15.5 Å². The quantitative estimate of drug-likeness (QED) is 0.789. The number of ether oxygens (including phenoxy) is 2. The van der Waals surface area contributed by atoms with Crippen molar-refractivity contribution in [2.75, 3.05) is 32.6 Å². The van der Waals surface area contributed by atoms with Gasteiger partial charge in [0.05, 0.1) is 19.9 Å². The number of aromatic nitrogens is 2. The van der Waals surface area contributed by atoms with E-state index in [9.17, 15) is 4.79 Å². The highest BCUT2D eigenvalue weighted by molar-refractivity contribution is 5.70. The molecule has 148 valence electrons. The van der Waals surface area contributed by atoms with Gasteiger partial charge in [-0.2, -0.15) is 0 Å². The summed E-state index contributed by atoms with van der Waals surface area (Å²) in [7, 11) is 3.25. The van der Waals surface area contributed by atoms with Crippen LogP contribution in [0.4, 0.5) is 10.6 Å². The van der Waals surface area contributed by atoms with Gasteiger partial charge in [0, 0.05) is 31.3 Å². The standard InChI is InChI=1S/C20H24N4O4/c1-13-10-17(14-6-8-24(9-7-14)20(25)26)22-23-19(13)21-12-15-4-5-16(27-2)11-18(15)28-3/h4-6,10-11H,7-9,12H2,1-3H3,(H,21,23)(H,25,26). The van der Waals surface area contributed by atoms with Gasteiger partial charge in [0.25, 0.3) is 0 Å². The minimum Gasteiger partial charge on any atom is -0.497 e. The third-order valence-electron chi connectivity index (χ3n) is 4.73. The summed E-state index contributed by atoms with van der Waals surface area (Å²) >= 11 is 0. The summed E-state index contributed by atoms with van der Waals surface area (Å²) in [5, 5.41) is 21.0. The molecule has 0 spiro atoms. The number of carboxylic acid groups (broad SMARTS) is 1. The van der Waals surface area contributed by atoms with Crippen LogP contribution in [0.3, 0.4) is 0 Å². The van der Waals surface area contributed by atoms with Gasteiger partial charge in [0.15, 0.2) is 5.82 Å². The van der Waals surface area contributed by atoms with Crippen molar-refractivity contribution in [1.82, 2.24) is 15.1 Å². The van der Waals surface area contributed by atoms with E-state index >= 15 is 0 Å². The Balaban J connectivity index is 1.69. The van der Waals surface area contributed by atoms with Crippen molar-refractivity contribution < 1.29 is 19.4 Å². The second kappa shape index (κ2) is 8.60. The maximum atomic E-state index is 11.0. The van der Waals surface area contributed by atoms with Crippen molar-refractivity contribution in [1.29, 1.82) is 0 Å². The second-order valence-corrected chi connectivity index (χ2v) is 6.50. The molecule has 0 radical (unpaired) electrons. The number of amides is 1. The average molecular weight is 384 g/mol. The van der Waals surface area contributed by atoms with E-state index in [1.165, 1.54) is 4.90 Å². The number of nitrogens with one attached hydrogen (secondary N) is 1. The monoisotopic (exact) mass is 384 g/mol. The van der Waals surface area contributed by atoms with Gasteiger partial charge in [-0.3, -0.25) is 0 Å². The summed E-state index contributed by atoms with van der Waals surface area (Å²) in [4.78, 5) is 12.4. The topological polar surface area (TPSA) is 96.8 Å². The zero-order valence-electron chi connectivity index (χ0n) is 16.2. The van der Waals surface area contributed by atoms with Crippen LogP contribution in [0.2, 0.25) is 0 Å². The first-order chi connectivity index (χ1) is 13.5. The molecule has 1 aromatic carbocycles. The number of nitrogens with zero attached hydrogens (tertiary/aromatic N) is 3. The molecular weight excluding hydrogens is 360 g/mol. The predicted octanol–water partition coefficient (Wildman–Crippen LogP) is 3.18. The number of carbonyl (C=O) groups is 1. The van der Waals surface area contributed by atoms with Gasteiger partial charge in [-0.25, -0.2) is 4.79 Å². The fraction of sp³-hybridized carbons (Fsp3) is 0.350. The Morgan fingerprint density at radius 1 is 1.25 bits per heavy atom. The summed E-state index contributed by atoms with van der Waals surface area (Å²) in [5.74, 6) is 2.18. The second-order valence-electron chi connectivity index (χ2n) is 6.50. The lowest BCUT2D eigenvalue weighted by molar-refractivity contribution is 0.150. The van der Waals surface area contributed by atoms with E-state index in [1.807, 2.05) is 37.3 Å². The van der Waals surface area contributed by atoms with Gasteiger partial charge in [0.2, 0.25) is 0 Å². The predicted molar refractivity (Wildman–Crippen MR) is 106 cm³/mol. The molecule has 1 aliphatic heterocycles. The van der Waals surface area contributed by atoms with Crippen LogP contribution in [0.1, 0.15) is 23.2 Å². The highest BCUT2D eigenvalue weighted by Gasteiger charge is 2.18. The van der Waals surface area contributed by atoms with Crippen LogP contribution in [-0.4, -0.2) is 53.6 Å². The van der Waals surface area contributed by atoms with Crippen molar-refractivity contribution in [3.05, 3.63) is 47.2 Å². The SMILES string of the molecule is COc1ccc(CNc2nnc(C3=CCN(C(=O)O)CC3)cc2C)c(OC)c1. The van der Waals surface area contributed by atoms with Gasteiger partial charge >= 0.3 is 6.09 Å². The minimum absolute atomic E-state index is 0.378. The molecule has 1 aromatic heterocycles. The molecule has 0 bridgehead atoms. The van der Waals surface area contributed by atoms with Crippen LogP contribution in [0.25, 0.3) is 5.57 Å². The summed E-state index contributed by atoms with van der Waals surface area (Å²) in [6.07, 6.45) is 1.64. The lowest BCUT2D eigenvalue weighted by Crippen LogP contribution is -2.33. The number of aryl methyl sites for hydroxylation is 1. The summed E-state index contributed by atoms with van der Waals surface area (Å²) in [6, 6.07) is 7.65. The van der Waals surface area contributed by atoms with Crippen LogP contribution in [0, 0.1) is 6.92 Å². The molecule has 0 saturated carbocycles. The Labute approximate surface area is 163 Å². The molecule has 3 rings (SSSR count). The smallest absolute Gasteiger partial charge is 0.407 e. The molecule has 0 unspecified atom stereocenters. The zero-order valence-corrected chi connectivity index (χ0v) is 16.2. The largest absolute Gasteiger partial charge is 0.497 e. The minimum atomic E-state index is -0.897. The third-order valence-corrected chi connectivity index (χ3v) is 4.73. The molecule has 1 aliphatic rings. The fourth-order valence-corrected chi connectivity index (χ4v) is 3.07. The van der Waals surface area contributed by atoms with Crippen molar-refractivity contribution in [3.8, 4) is 11.5 Å². The number of benzene rings is 1. The van der Waals surface area contributed by atoms with E-state index in [4.69, 9.17) is 14.6 Å². The van der Waals surface area contributed by atoms with Crippen LogP contribution in [0.5, 0.6) is 11.5 Å². The fourth-order valence-electron chi connectivity index (χ4n) is 3.07. The van der Waals surface area contributed by atoms with Gasteiger partial charge in [-0.1, -0.05) is 6.08 Å². The average Bonchev–Trinajstić information content (AvgIpc) is 2.72. The molecule has 0 saturated heterocycles. The number of hydrogen-bond acceptors (Lipinski definition) is 6. The van der Waals surface area contributed by atoms with Crippen LogP contribution in [0.15, 0.2) is 30.3 Å². The first-order valence-corrected chi connectivity index (χ1v) is 8.98. The van der Waals surface area contributed by atoms with Crippen molar-refractivity contribution in [2.24, 2.45) is 0 Å². The van der Waals surface area contributed by atoms with Crippen molar-refractivity contribution >= 4 is 17.5 Å². The molecule has 8 heteroatoms. The van der Waals surface area contributed by atoms with E-state index in [0.717, 1.165) is 33.9 Å². The molecule has 1 amide bonds. The summed E-state index contributed by atoms with van der Waals surface area (Å²) < 4.78 is 10.6. The molecular formula is C20H24N4O4. The zero-order chi connectivity index (χ0) is 20.1. The van der Waals surface area contributed by atoms with Crippen molar-refractivity contribution in [3.63, 3.8) is 0 Å². The highest BCUT2D eigenvalue weighted by atomic mass is 16.5. The number of hydrogen-bond donors (Lipinski definition) is 2. The first-order valence-electron chi connectivity index (χ1n) is 8.98. The Morgan fingerprint density at radius 2 is 2.07 bits per heavy atom. The van der Waals surface area contributed by atoms with E-state index in [0.29, 0.717) is 31.9 Å². The maximum Gasteiger partial charge on any atom is 0.407 e. The van der Waals surface area contributed by atoms with Gasteiger partial charge in [-0.15, -0.1) is 10.2 Å². The maximum absolute atomic E-state index is 11.0. The molecule has 28 heavy (non-hydrogen) atoms. The molecule has 0 atom stereocenters. The number of methoxy groups -OCH3 is 2. The Morgan fingerprint density at radius 3 is 2.68 bits per heavy atom. The number of rotatable bonds is 6. The lowest BCUT2D eigenvalue weighted by Gasteiger charge is -2.23.